The standard InChI is InChI=1S/C8H15NO/c9-5-8(6-10)4-7(8)2-1-3-7/h10H,1-6,9H2. The van der Waals surface area contributed by atoms with Gasteiger partial charge in [0.2, 0.25) is 0 Å². The van der Waals surface area contributed by atoms with Crippen molar-refractivity contribution in [2.24, 2.45) is 16.6 Å². The highest BCUT2D eigenvalue weighted by Crippen LogP contribution is 2.73. The zero-order valence-corrected chi connectivity index (χ0v) is 6.27. The van der Waals surface area contributed by atoms with Gasteiger partial charge < -0.3 is 10.8 Å². The largest absolute Gasteiger partial charge is 0.396 e. The molecule has 2 nitrogen and oxygen atoms in total. The molecule has 1 atom stereocenters. The molecule has 0 aromatic carbocycles. The summed E-state index contributed by atoms with van der Waals surface area (Å²) in [4.78, 5) is 0. The highest BCUT2D eigenvalue weighted by molar-refractivity contribution is 5.18. The van der Waals surface area contributed by atoms with Gasteiger partial charge in [0.25, 0.3) is 0 Å². The topological polar surface area (TPSA) is 46.2 Å². The molecular formula is C8H15NO. The van der Waals surface area contributed by atoms with Crippen LogP contribution in [0.3, 0.4) is 0 Å². The summed E-state index contributed by atoms with van der Waals surface area (Å²) in [5.74, 6) is 0. The van der Waals surface area contributed by atoms with E-state index in [1.54, 1.807) is 0 Å². The van der Waals surface area contributed by atoms with Crippen LogP contribution in [0.2, 0.25) is 0 Å². The van der Waals surface area contributed by atoms with Crippen LogP contribution in [0, 0.1) is 10.8 Å². The third-order valence-electron chi connectivity index (χ3n) is 3.68. The van der Waals surface area contributed by atoms with Gasteiger partial charge in [0.05, 0.1) is 6.61 Å². The molecule has 0 radical (unpaired) electrons. The highest BCUT2D eigenvalue weighted by Gasteiger charge is 2.68. The van der Waals surface area contributed by atoms with Crippen LogP contribution in [-0.4, -0.2) is 18.3 Å². The van der Waals surface area contributed by atoms with E-state index in [4.69, 9.17) is 10.8 Å². The van der Waals surface area contributed by atoms with Crippen molar-refractivity contribution in [2.75, 3.05) is 13.2 Å². The van der Waals surface area contributed by atoms with Crippen molar-refractivity contribution in [3.8, 4) is 0 Å². The molecule has 10 heavy (non-hydrogen) atoms. The fourth-order valence-corrected chi connectivity index (χ4v) is 2.49. The first-order chi connectivity index (χ1) is 4.79. The monoisotopic (exact) mass is 141 g/mol. The summed E-state index contributed by atoms with van der Waals surface area (Å²) in [5, 5.41) is 9.08. The quantitative estimate of drug-likeness (QED) is 0.588. The average molecular weight is 141 g/mol. The number of aliphatic hydroxyl groups is 1. The molecule has 0 aromatic rings. The summed E-state index contributed by atoms with van der Waals surface area (Å²) in [6.45, 7) is 0.993. The van der Waals surface area contributed by atoms with E-state index in [0.29, 0.717) is 18.6 Å². The Morgan fingerprint density at radius 1 is 1.40 bits per heavy atom. The predicted molar refractivity (Wildman–Crippen MR) is 39.5 cm³/mol. The third kappa shape index (κ3) is 0.523. The van der Waals surface area contributed by atoms with Crippen LogP contribution in [0.25, 0.3) is 0 Å². The maximum absolute atomic E-state index is 9.08. The van der Waals surface area contributed by atoms with Crippen LogP contribution >= 0.6 is 0 Å². The summed E-state index contributed by atoms with van der Waals surface area (Å²) in [5.41, 5.74) is 6.27. The Bertz CT molecular complexity index is 147. The lowest BCUT2D eigenvalue weighted by Gasteiger charge is -2.31. The minimum atomic E-state index is 0.158. The predicted octanol–water partition coefficient (Wildman–Crippen LogP) is 0.498. The van der Waals surface area contributed by atoms with E-state index in [9.17, 15) is 0 Å². The van der Waals surface area contributed by atoms with E-state index in [1.165, 1.54) is 25.7 Å². The molecule has 0 aromatic heterocycles. The van der Waals surface area contributed by atoms with Gasteiger partial charge in [0.1, 0.15) is 0 Å². The van der Waals surface area contributed by atoms with Crippen molar-refractivity contribution in [3.63, 3.8) is 0 Å². The molecule has 2 rings (SSSR count). The van der Waals surface area contributed by atoms with E-state index >= 15 is 0 Å². The highest BCUT2D eigenvalue weighted by atomic mass is 16.3. The molecule has 58 valence electrons. The van der Waals surface area contributed by atoms with Gasteiger partial charge in [-0.15, -0.1) is 0 Å². The average Bonchev–Trinajstić information content (AvgIpc) is 2.57. The van der Waals surface area contributed by atoms with Crippen LogP contribution in [0.1, 0.15) is 25.7 Å². The first-order valence-electron chi connectivity index (χ1n) is 4.10. The molecule has 0 aliphatic heterocycles. The van der Waals surface area contributed by atoms with Crippen LogP contribution in [0.15, 0.2) is 0 Å². The lowest BCUT2D eigenvalue weighted by Crippen LogP contribution is -2.30. The number of hydrogen-bond acceptors (Lipinski definition) is 2. The van der Waals surface area contributed by atoms with Gasteiger partial charge in [-0.05, 0) is 24.7 Å². The molecule has 2 aliphatic rings. The third-order valence-corrected chi connectivity index (χ3v) is 3.68. The minimum absolute atomic E-state index is 0.158. The Kier molecular flexibility index (Phi) is 1.15. The fraction of sp³-hybridized carbons (Fsp3) is 1.00. The minimum Gasteiger partial charge on any atom is -0.396 e. The lowest BCUT2D eigenvalue weighted by molar-refractivity contribution is 0.129. The number of rotatable bonds is 2. The molecule has 2 saturated carbocycles. The molecule has 2 fully saturated rings. The number of nitrogens with two attached hydrogens (primary N) is 1. The molecule has 0 amide bonds. The van der Waals surface area contributed by atoms with Gasteiger partial charge in [-0.1, -0.05) is 6.42 Å². The second-order valence-corrected chi connectivity index (χ2v) is 3.95. The normalized spacial score (nSPS) is 41.4. The summed E-state index contributed by atoms with van der Waals surface area (Å²) < 4.78 is 0. The van der Waals surface area contributed by atoms with E-state index in [-0.39, 0.29) is 5.41 Å². The van der Waals surface area contributed by atoms with Crippen LogP contribution < -0.4 is 5.73 Å². The van der Waals surface area contributed by atoms with E-state index in [2.05, 4.69) is 0 Å². The van der Waals surface area contributed by atoms with Gasteiger partial charge in [-0.2, -0.15) is 0 Å². The van der Waals surface area contributed by atoms with Crippen molar-refractivity contribution in [1.82, 2.24) is 0 Å². The van der Waals surface area contributed by atoms with Crippen LogP contribution in [-0.2, 0) is 0 Å². The summed E-state index contributed by atoms with van der Waals surface area (Å²) in [7, 11) is 0. The molecule has 2 heteroatoms. The zero-order chi connectivity index (χ0) is 7.24. The van der Waals surface area contributed by atoms with Gasteiger partial charge in [0, 0.05) is 12.0 Å². The molecular weight excluding hydrogens is 126 g/mol. The smallest absolute Gasteiger partial charge is 0.0505 e. The first kappa shape index (κ1) is 6.62. The Hall–Kier alpha value is -0.0800. The second kappa shape index (κ2) is 1.74. The zero-order valence-electron chi connectivity index (χ0n) is 6.27. The van der Waals surface area contributed by atoms with E-state index in [0.717, 1.165) is 0 Å². The van der Waals surface area contributed by atoms with Crippen LogP contribution in [0.4, 0.5) is 0 Å². The van der Waals surface area contributed by atoms with Gasteiger partial charge >= 0.3 is 0 Å². The lowest BCUT2D eigenvalue weighted by atomic mass is 9.75. The number of hydrogen-bond donors (Lipinski definition) is 2. The molecule has 0 bridgehead atoms. The van der Waals surface area contributed by atoms with Crippen molar-refractivity contribution in [1.29, 1.82) is 0 Å². The van der Waals surface area contributed by atoms with Crippen molar-refractivity contribution >= 4 is 0 Å². The summed E-state index contributed by atoms with van der Waals surface area (Å²) in [6, 6.07) is 0. The fourth-order valence-electron chi connectivity index (χ4n) is 2.49. The van der Waals surface area contributed by atoms with Crippen molar-refractivity contribution < 1.29 is 5.11 Å². The first-order valence-corrected chi connectivity index (χ1v) is 4.10. The summed E-state index contributed by atoms with van der Waals surface area (Å²) in [6.07, 6.45) is 5.16. The second-order valence-electron chi connectivity index (χ2n) is 3.95. The Labute approximate surface area is 61.4 Å². The Morgan fingerprint density at radius 3 is 2.20 bits per heavy atom. The van der Waals surface area contributed by atoms with Gasteiger partial charge in [-0.25, -0.2) is 0 Å². The van der Waals surface area contributed by atoms with Crippen LogP contribution in [0.5, 0.6) is 0 Å². The van der Waals surface area contributed by atoms with Crippen molar-refractivity contribution in [3.05, 3.63) is 0 Å². The SMILES string of the molecule is NCC1(CO)CC12CCC2. The van der Waals surface area contributed by atoms with E-state index in [1.807, 2.05) is 0 Å². The molecule has 2 aliphatic carbocycles. The Balaban J connectivity index is 2.06. The molecule has 0 heterocycles. The Morgan fingerprint density at radius 2 is 2.10 bits per heavy atom. The molecule has 1 unspecified atom stereocenters. The molecule has 1 spiro atoms. The maximum Gasteiger partial charge on any atom is 0.0505 e. The summed E-state index contributed by atoms with van der Waals surface area (Å²) >= 11 is 0. The van der Waals surface area contributed by atoms with Gasteiger partial charge in [-0.3, -0.25) is 0 Å². The maximum atomic E-state index is 9.08. The van der Waals surface area contributed by atoms with E-state index < -0.39 is 0 Å². The molecule has 0 saturated heterocycles. The molecule has 3 N–H and O–H groups in total. The van der Waals surface area contributed by atoms with Gasteiger partial charge in [0.15, 0.2) is 0 Å². The number of aliphatic hydroxyl groups excluding tert-OH is 1. The van der Waals surface area contributed by atoms with Crippen molar-refractivity contribution in [2.45, 2.75) is 25.7 Å².